The minimum Gasteiger partial charge on any atom is -0.297 e. The van der Waals surface area contributed by atoms with Gasteiger partial charge in [0.25, 0.3) is 0 Å². The van der Waals surface area contributed by atoms with Gasteiger partial charge in [0.15, 0.2) is 0 Å². The third-order valence-electron chi connectivity index (χ3n) is 3.31. The molecule has 0 atom stereocenters. The van der Waals surface area contributed by atoms with Crippen LogP contribution in [0, 0.1) is 5.82 Å². The van der Waals surface area contributed by atoms with Gasteiger partial charge in [0.05, 0.1) is 6.54 Å². The predicted molar refractivity (Wildman–Crippen MR) is 70.4 cm³/mol. The zero-order chi connectivity index (χ0) is 13.7. The second-order valence-corrected chi connectivity index (χ2v) is 4.75. The Balaban J connectivity index is 1.77. The zero-order valence-electron chi connectivity index (χ0n) is 10.8. The van der Waals surface area contributed by atoms with Crippen molar-refractivity contribution in [3.05, 3.63) is 35.6 Å². The Hall–Kier alpha value is -1.50. The van der Waals surface area contributed by atoms with Crippen molar-refractivity contribution in [1.29, 1.82) is 0 Å². The summed E-state index contributed by atoms with van der Waals surface area (Å²) in [6.45, 7) is 4.64. The highest BCUT2D eigenvalue weighted by Gasteiger charge is 2.18. The molecule has 0 spiro atoms. The van der Waals surface area contributed by atoms with Crippen LogP contribution in [-0.4, -0.2) is 48.4 Å². The van der Waals surface area contributed by atoms with E-state index in [-0.39, 0.29) is 11.7 Å². The van der Waals surface area contributed by atoms with E-state index in [1.54, 1.807) is 0 Å². The first-order valence-corrected chi connectivity index (χ1v) is 6.36. The second kappa shape index (κ2) is 6.60. The SMILES string of the molecule is NNC(=O)CN1CCN(Cc2ccc(F)cc2)CC1. The number of rotatable bonds is 4. The maximum Gasteiger partial charge on any atom is 0.248 e. The number of hydrazine groups is 1. The van der Waals surface area contributed by atoms with E-state index in [9.17, 15) is 9.18 Å². The molecule has 1 heterocycles. The van der Waals surface area contributed by atoms with Crippen molar-refractivity contribution >= 4 is 5.91 Å². The lowest BCUT2D eigenvalue weighted by molar-refractivity contribution is -0.122. The molecule has 0 aromatic heterocycles. The van der Waals surface area contributed by atoms with Crippen LogP contribution in [0.25, 0.3) is 0 Å². The molecule has 1 aromatic rings. The largest absolute Gasteiger partial charge is 0.297 e. The van der Waals surface area contributed by atoms with Gasteiger partial charge in [0.2, 0.25) is 5.91 Å². The summed E-state index contributed by atoms with van der Waals surface area (Å²) in [7, 11) is 0. The van der Waals surface area contributed by atoms with E-state index in [2.05, 4.69) is 15.2 Å². The van der Waals surface area contributed by atoms with E-state index >= 15 is 0 Å². The number of hydrogen-bond donors (Lipinski definition) is 2. The Morgan fingerprint density at radius 1 is 1.16 bits per heavy atom. The molecule has 0 radical (unpaired) electrons. The summed E-state index contributed by atoms with van der Waals surface area (Å²) in [6, 6.07) is 6.58. The molecule has 19 heavy (non-hydrogen) atoms. The van der Waals surface area contributed by atoms with E-state index < -0.39 is 0 Å². The molecule has 0 unspecified atom stereocenters. The number of amides is 1. The first-order chi connectivity index (χ1) is 9.17. The van der Waals surface area contributed by atoms with Gasteiger partial charge in [-0.05, 0) is 17.7 Å². The molecule has 1 fully saturated rings. The van der Waals surface area contributed by atoms with Gasteiger partial charge in [-0.25, -0.2) is 10.2 Å². The number of carbonyl (C=O) groups excluding carboxylic acids is 1. The average Bonchev–Trinajstić information content (AvgIpc) is 2.43. The number of benzene rings is 1. The van der Waals surface area contributed by atoms with Crippen molar-refractivity contribution in [3.63, 3.8) is 0 Å². The minimum atomic E-state index is -0.207. The monoisotopic (exact) mass is 266 g/mol. The lowest BCUT2D eigenvalue weighted by Gasteiger charge is -2.34. The topological polar surface area (TPSA) is 61.6 Å². The summed E-state index contributed by atoms with van der Waals surface area (Å²) in [6.07, 6.45) is 0. The first-order valence-electron chi connectivity index (χ1n) is 6.36. The predicted octanol–water partition coefficient (Wildman–Crippen LogP) is -0.0668. The molecule has 6 heteroatoms. The fraction of sp³-hybridized carbons (Fsp3) is 0.462. The Labute approximate surface area is 112 Å². The van der Waals surface area contributed by atoms with Crippen LogP contribution < -0.4 is 11.3 Å². The Bertz CT molecular complexity index is 415. The molecule has 0 aliphatic carbocycles. The van der Waals surface area contributed by atoms with Gasteiger partial charge < -0.3 is 0 Å². The normalized spacial score (nSPS) is 17.4. The lowest BCUT2D eigenvalue weighted by atomic mass is 10.2. The van der Waals surface area contributed by atoms with Crippen LogP contribution in [0.4, 0.5) is 4.39 Å². The molecule has 5 nitrogen and oxygen atoms in total. The van der Waals surface area contributed by atoms with E-state index in [0.717, 1.165) is 38.3 Å². The number of nitrogens with one attached hydrogen (secondary N) is 1. The van der Waals surface area contributed by atoms with Crippen LogP contribution in [-0.2, 0) is 11.3 Å². The van der Waals surface area contributed by atoms with Crippen molar-refractivity contribution < 1.29 is 9.18 Å². The van der Waals surface area contributed by atoms with Crippen LogP contribution in [0.15, 0.2) is 24.3 Å². The average molecular weight is 266 g/mol. The van der Waals surface area contributed by atoms with Crippen molar-refractivity contribution in [2.24, 2.45) is 5.84 Å². The number of halogens is 1. The molecule has 1 aliphatic heterocycles. The van der Waals surface area contributed by atoms with Crippen molar-refractivity contribution in [2.75, 3.05) is 32.7 Å². The number of hydrogen-bond acceptors (Lipinski definition) is 4. The fourth-order valence-corrected chi connectivity index (χ4v) is 2.20. The maximum absolute atomic E-state index is 12.8. The van der Waals surface area contributed by atoms with Crippen LogP contribution in [0.3, 0.4) is 0 Å². The number of carbonyl (C=O) groups is 1. The fourth-order valence-electron chi connectivity index (χ4n) is 2.20. The number of piperazine rings is 1. The minimum absolute atomic E-state index is 0.160. The van der Waals surface area contributed by atoms with Gasteiger partial charge in [0, 0.05) is 32.7 Å². The smallest absolute Gasteiger partial charge is 0.248 e. The van der Waals surface area contributed by atoms with E-state index in [4.69, 9.17) is 5.84 Å². The van der Waals surface area contributed by atoms with Gasteiger partial charge >= 0.3 is 0 Å². The first kappa shape index (κ1) is 13.9. The molecule has 1 amide bonds. The van der Waals surface area contributed by atoms with Gasteiger partial charge in [0.1, 0.15) is 5.82 Å². The maximum atomic E-state index is 12.8. The highest BCUT2D eigenvalue weighted by atomic mass is 19.1. The summed E-state index contributed by atoms with van der Waals surface area (Å²) in [5.41, 5.74) is 3.24. The molecular formula is C13H19FN4O. The van der Waals surface area contributed by atoms with Crippen LogP contribution in [0.1, 0.15) is 5.56 Å². The molecule has 1 saturated heterocycles. The Morgan fingerprint density at radius 2 is 1.74 bits per heavy atom. The van der Waals surface area contributed by atoms with Crippen molar-refractivity contribution in [3.8, 4) is 0 Å². The second-order valence-electron chi connectivity index (χ2n) is 4.75. The van der Waals surface area contributed by atoms with Gasteiger partial charge in [-0.1, -0.05) is 12.1 Å². The molecule has 1 aliphatic rings. The van der Waals surface area contributed by atoms with E-state index in [1.807, 2.05) is 12.1 Å². The van der Waals surface area contributed by atoms with Crippen molar-refractivity contribution in [2.45, 2.75) is 6.54 Å². The molecule has 0 bridgehead atoms. The van der Waals surface area contributed by atoms with Crippen LogP contribution in [0.5, 0.6) is 0 Å². The van der Waals surface area contributed by atoms with Crippen LogP contribution >= 0.6 is 0 Å². The summed E-state index contributed by atoms with van der Waals surface area (Å²) >= 11 is 0. The number of nitrogens with two attached hydrogens (primary N) is 1. The van der Waals surface area contributed by atoms with Gasteiger partial charge in [-0.2, -0.15) is 0 Å². The highest BCUT2D eigenvalue weighted by molar-refractivity contribution is 5.77. The standard InChI is InChI=1S/C13H19FN4O/c14-12-3-1-11(2-4-12)9-17-5-7-18(8-6-17)10-13(19)16-15/h1-4H,5-10,15H2,(H,16,19). The summed E-state index contributed by atoms with van der Waals surface area (Å²) in [5.74, 6) is 4.70. The molecule has 3 N–H and O–H groups in total. The Morgan fingerprint density at radius 3 is 2.32 bits per heavy atom. The van der Waals surface area contributed by atoms with Gasteiger partial charge in [-0.15, -0.1) is 0 Å². The lowest BCUT2D eigenvalue weighted by Crippen LogP contribution is -2.49. The zero-order valence-corrected chi connectivity index (χ0v) is 10.8. The molecule has 0 saturated carbocycles. The molecular weight excluding hydrogens is 247 g/mol. The summed E-state index contributed by atoms with van der Waals surface area (Å²) in [4.78, 5) is 15.5. The van der Waals surface area contributed by atoms with E-state index in [0.29, 0.717) is 6.54 Å². The summed E-state index contributed by atoms with van der Waals surface area (Å²) < 4.78 is 12.8. The van der Waals surface area contributed by atoms with E-state index in [1.165, 1.54) is 12.1 Å². The van der Waals surface area contributed by atoms with Crippen LogP contribution in [0.2, 0.25) is 0 Å². The van der Waals surface area contributed by atoms with Crippen molar-refractivity contribution in [1.82, 2.24) is 15.2 Å². The highest BCUT2D eigenvalue weighted by Crippen LogP contribution is 2.09. The molecule has 104 valence electrons. The number of nitrogens with zero attached hydrogens (tertiary/aromatic N) is 2. The third-order valence-corrected chi connectivity index (χ3v) is 3.31. The summed E-state index contributed by atoms with van der Waals surface area (Å²) in [5, 5.41) is 0. The van der Waals surface area contributed by atoms with Gasteiger partial charge in [-0.3, -0.25) is 20.0 Å². The third kappa shape index (κ3) is 4.27. The quantitative estimate of drug-likeness (QED) is 0.455. The molecule has 1 aromatic carbocycles. The molecule has 2 rings (SSSR count). The Kier molecular flexibility index (Phi) is 4.84.